The molecule has 0 aliphatic carbocycles. The van der Waals surface area contributed by atoms with Crippen molar-refractivity contribution < 1.29 is 14.4 Å². The number of nitrogens with one attached hydrogen (secondary N) is 3. The quantitative estimate of drug-likeness (QED) is 0.376. The van der Waals surface area contributed by atoms with E-state index in [0.717, 1.165) is 8.95 Å². The predicted octanol–water partition coefficient (Wildman–Crippen LogP) is 4.75. The number of anilines is 2. The number of hydrogen-bond acceptors (Lipinski definition) is 3. The van der Waals surface area contributed by atoms with Gasteiger partial charge in [-0.1, -0.05) is 18.2 Å². The lowest BCUT2D eigenvalue weighted by Crippen LogP contribution is -2.34. The van der Waals surface area contributed by atoms with Crippen molar-refractivity contribution in [3.8, 4) is 0 Å². The summed E-state index contributed by atoms with van der Waals surface area (Å²) in [4.78, 5) is 36.2. The molecule has 3 rings (SSSR count). The van der Waals surface area contributed by atoms with E-state index in [-0.39, 0.29) is 6.42 Å². The second kappa shape index (κ2) is 7.89. The van der Waals surface area contributed by atoms with Crippen molar-refractivity contribution in [1.82, 2.24) is 5.32 Å². The molecule has 3 amide bonds. The highest BCUT2D eigenvalue weighted by Gasteiger charge is 2.29. The van der Waals surface area contributed by atoms with Gasteiger partial charge in [0.25, 0.3) is 5.91 Å². The summed E-state index contributed by atoms with van der Waals surface area (Å²) in [6, 6.07) is 9.43. The molecule has 3 N–H and O–H groups in total. The number of rotatable bonds is 2. The first kappa shape index (κ1) is 19.1. The summed E-state index contributed by atoms with van der Waals surface area (Å²) >= 11 is 10.2. The van der Waals surface area contributed by atoms with Gasteiger partial charge < -0.3 is 16.0 Å². The normalized spacial score (nSPS) is 16.3. The highest BCUT2D eigenvalue weighted by molar-refractivity contribution is 9.14. The third kappa shape index (κ3) is 3.99. The van der Waals surface area contributed by atoms with Gasteiger partial charge in [-0.05, 0) is 71.6 Å². The Hall–Kier alpha value is -1.71. The zero-order valence-electron chi connectivity index (χ0n) is 13.1. The smallest absolute Gasteiger partial charge is 0.319 e. The SMILES string of the molecule is O=C(Nc1ccc(Br)c(Br)c1Br)NC1CC(=O)C(=O)Nc2ccccc21. The molecule has 0 radical (unpaired) electrons. The summed E-state index contributed by atoms with van der Waals surface area (Å²) in [7, 11) is 0. The van der Waals surface area contributed by atoms with Gasteiger partial charge in [0.15, 0.2) is 0 Å². The number of benzene rings is 2. The van der Waals surface area contributed by atoms with Gasteiger partial charge in [-0.2, -0.15) is 0 Å². The van der Waals surface area contributed by atoms with E-state index in [0.29, 0.717) is 21.4 Å². The first-order valence-corrected chi connectivity index (χ1v) is 9.89. The Labute approximate surface area is 174 Å². The molecule has 0 saturated heterocycles. The van der Waals surface area contributed by atoms with Gasteiger partial charge in [0.1, 0.15) is 0 Å². The maximum absolute atomic E-state index is 12.5. The molecular weight excluding hydrogens is 534 g/mol. The highest BCUT2D eigenvalue weighted by atomic mass is 79.9. The van der Waals surface area contributed by atoms with Crippen LogP contribution in [0.4, 0.5) is 16.2 Å². The second-order valence-electron chi connectivity index (χ2n) is 5.54. The summed E-state index contributed by atoms with van der Waals surface area (Å²) in [6.45, 7) is 0. The molecular formula is C17H12Br3N3O3. The zero-order chi connectivity index (χ0) is 18.8. The number of Topliss-reactive ketones (excluding diaryl/α,β-unsaturated/α-hetero) is 1. The number of hydrogen-bond donors (Lipinski definition) is 3. The number of carbonyl (C=O) groups excluding carboxylic acids is 3. The molecule has 0 aromatic heterocycles. The van der Waals surface area contributed by atoms with Gasteiger partial charge >= 0.3 is 6.03 Å². The standard InChI is InChI=1S/C17H12Br3N3O3/c18-9-5-6-11(15(20)14(9)19)22-17(26)23-12-7-13(24)16(25)21-10-4-2-1-3-8(10)12/h1-6,12H,7H2,(H,21,25)(H2,22,23,26). The molecule has 134 valence electrons. The Morgan fingerprint density at radius 1 is 1.04 bits per heavy atom. The molecule has 0 fully saturated rings. The molecule has 0 spiro atoms. The van der Waals surface area contributed by atoms with E-state index in [1.165, 1.54) is 0 Å². The van der Waals surface area contributed by atoms with Crippen molar-refractivity contribution in [1.29, 1.82) is 0 Å². The summed E-state index contributed by atoms with van der Waals surface area (Å²) in [6.07, 6.45) is -0.110. The minimum atomic E-state index is -0.679. The Bertz CT molecular complexity index is 917. The fraction of sp³-hybridized carbons (Fsp3) is 0.118. The third-order valence-electron chi connectivity index (χ3n) is 3.82. The summed E-state index contributed by atoms with van der Waals surface area (Å²) < 4.78 is 2.28. The van der Waals surface area contributed by atoms with Crippen LogP contribution in [0.3, 0.4) is 0 Å². The van der Waals surface area contributed by atoms with E-state index in [1.807, 2.05) is 0 Å². The van der Waals surface area contributed by atoms with Crippen molar-refractivity contribution >= 4 is 76.9 Å². The van der Waals surface area contributed by atoms with Crippen LogP contribution >= 0.6 is 47.8 Å². The average molecular weight is 546 g/mol. The minimum absolute atomic E-state index is 0.110. The van der Waals surface area contributed by atoms with E-state index < -0.39 is 23.8 Å². The van der Waals surface area contributed by atoms with Crippen LogP contribution in [0.25, 0.3) is 0 Å². The van der Waals surface area contributed by atoms with Gasteiger partial charge in [-0.25, -0.2) is 4.79 Å². The number of fused-ring (bicyclic) bond motifs is 1. The Morgan fingerprint density at radius 3 is 2.54 bits per heavy atom. The Morgan fingerprint density at radius 2 is 1.77 bits per heavy atom. The Balaban J connectivity index is 1.82. The lowest BCUT2D eigenvalue weighted by molar-refractivity contribution is -0.134. The van der Waals surface area contributed by atoms with Gasteiger partial charge in [0, 0.05) is 21.1 Å². The van der Waals surface area contributed by atoms with Crippen LogP contribution in [-0.2, 0) is 9.59 Å². The molecule has 2 aromatic rings. The molecule has 6 nitrogen and oxygen atoms in total. The highest BCUT2D eigenvalue weighted by Crippen LogP contribution is 2.36. The molecule has 9 heteroatoms. The molecule has 1 atom stereocenters. The van der Waals surface area contributed by atoms with Crippen molar-refractivity contribution in [2.75, 3.05) is 10.6 Å². The number of carbonyl (C=O) groups is 3. The summed E-state index contributed by atoms with van der Waals surface area (Å²) in [5.41, 5.74) is 1.75. The number of para-hydroxylation sites is 1. The van der Waals surface area contributed by atoms with Crippen LogP contribution in [0.1, 0.15) is 18.0 Å². The van der Waals surface area contributed by atoms with Crippen LogP contribution in [0.5, 0.6) is 0 Å². The van der Waals surface area contributed by atoms with E-state index in [1.54, 1.807) is 36.4 Å². The van der Waals surface area contributed by atoms with Crippen LogP contribution < -0.4 is 16.0 Å². The maximum Gasteiger partial charge on any atom is 0.319 e. The summed E-state index contributed by atoms with van der Waals surface area (Å²) in [5.74, 6) is -1.26. The fourth-order valence-electron chi connectivity index (χ4n) is 2.56. The van der Waals surface area contributed by atoms with Gasteiger partial charge in [-0.3, -0.25) is 9.59 Å². The third-order valence-corrected chi connectivity index (χ3v) is 7.19. The minimum Gasteiger partial charge on any atom is -0.331 e. The number of ketones is 1. The van der Waals surface area contributed by atoms with Crippen LogP contribution in [0, 0.1) is 0 Å². The van der Waals surface area contributed by atoms with Crippen molar-refractivity contribution in [3.05, 3.63) is 55.4 Å². The largest absolute Gasteiger partial charge is 0.331 e. The monoisotopic (exact) mass is 543 g/mol. The lowest BCUT2D eigenvalue weighted by Gasteiger charge is -2.19. The van der Waals surface area contributed by atoms with Crippen molar-refractivity contribution in [3.63, 3.8) is 0 Å². The van der Waals surface area contributed by atoms with Gasteiger partial charge in [0.05, 0.1) is 16.2 Å². The predicted molar refractivity (Wildman–Crippen MR) is 109 cm³/mol. The first-order chi connectivity index (χ1) is 12.4. The van der Waals surface area contributed by atoms with Gasteiger partial charge in [-0.15, -0.1) is 0 Å². The van der Waals surface area contributed by atoms with Crippen LogP contribution in [0.15, 0.2) is 49.8 Å². The molecule has 1 unspecified atom stereocenters. The van der Waals surface area contributed by atoms with E-state index in [2.05, 4.69) is 63.7 Å². The molecule has 26 heavy (non-hydrogen) atoms. The van der Waals surface area contributed by atoms with Crippen molar-refractivity contribution in [2.24, 2.45) is 0 Å². The van der Waals surface area contributed by atoms with E-state index in [9.17, 15) is 14.4 Å². The number of halogens is 3. The molecule has 1 aliphatic heterocycles. The fourth-order valence-corrected chi connectivity index (χ4v) is 3.95. The first-order valence-electron chi connectivity index (χ1n) is 7.51. The van der Waals surface area contributed by atoms with E-state index >= 15 is 0 Å². The zero-order valence-corrected chi connectivity index (χ0v) is 17.9. The maximum atomic E-state index is 12.5. The topological polar surface area (TPSA) is 87.3 Å². The second-order valence-corrected chi connectivity index (χ2v) is 7.98. The molecule has 2 aromatic carbocycles. The number of urea groups is 1. The molecule has 0 saturated carbocycles. The molecule has 1 heterocycles. The van der Waals surface area contributed by atoms with Crippen LogP contribution in [0.2, 0.25) is 0 Å². The molecule has 0 bridgehead atoms. The average Bonchev–Trinajstić information content (AvgIpc) is 2.72. The lowest BCUT2D eigenvalue weighted by atomic mass is 10.0. The van der Waals surface area contributed by atoms with Gasteiger partial charge in [0.2, 0.25) is 5.78 Å². The molecule has 1 aliphatic rings. The Kier molecular flexibility index (Phi) is 5.79. The number of amides is 3. The van der Waals surface area contributed by atoms with Crippen molar-refractivity contribution in [2.45, 2.75) is 12.5 Å². The van der Waals surface area contributed by atoms with E-state index in [4.69, 9.17) is 0 Å². The van der Waals surface area contributed by atoms with Crippen LogP contribution in [-0.4, -0.2) is 17.7 Å². The summed E-state index contributed by atoms with van der Waals surface area (Å²) in [5, 5.41) is 8.07.